The van der Waals surface area contributed by atoms with Crippen LogP contribution in [0.2, 0.25) is 0 Å². The second kappa shape index (κ2) is 18.2. The first-order valence-corrected chi connectivity index (χ1v) is 22.6. The van der Waals surface area contributed by atoms with Crippen LogP contribution in [0.1, 0.15) is 102 Å². The van der Waals surface area contributed by atoms with Crippen molar-refractivity contribution in [1.29, 1.82) is 0 Å². The minimum atomic E-state index is -1.12. The number of halogens is 1. The molecule has 1 aromatic carbocycles. The molecule has 5 aliphatic rings. The number of anilines is 4. The van der Waals surface area contributed by atoms with Gasteiger partial charge in [0, 0.05) is 94.1 Å². The van der Waals surface area contributed by atoms with Gasteiger partial charge >= 0.3 is 0 Å². The van der Waals surface area contributed by atoms with E-state index in [0.717, 1.165) is 86.3 Å². The summed E-state index contributed by atoms with van der Waals surface area (Å²) in [5.41, 5.74) is 2.96. The smallest absolute Gasteiger partial charge is 0.262 e. The largest absolute Gasteiger partial charge is 0.378 e. The van der Waals surface area contributed by atoms with Crippen molar-refractivity contribution in [2.75, 3.05) is 68.0 Å². The van der Waals surface area contributed by atoms with Crippen molar-refractivity contribution in [1.82, 2.24) is 40.0 Å². The standard InChI is InChI=1S/C46H56FN11O6/c1-27(2)57-25-34(33-24-49-40(23-37(33)57)51-39-8-15-48-46(52-39)56-21-14-38(64-3)35(47)26-56)42(60)50-29-12-17-54(18-13-29)16-9-28-10-19-55(20-11-28)30-4-5-31-32(22-30)45(63)58(44(31)62)36-6-7-41(59)53-43(36)61/h4-5,8,15,22-25,27-29,35-36,38H,6-7,9-14,16-21,26H2,1-3H3,(H,50,60)(H,53,59,61)(H,48,49,51,52)/t35-,36?,38+/m1/s1. The molecule has 3 aromatic heterocycles. The lowest BCUT2D eigenvalue weighted by molar-refractivity contribution is -0.136. The number of rotatable bonds is 12. The van der Waals surface area contributed by atoms with Gasteiger partial charge in [0.25, 0.3) is 17.7 Å². The molecule has 4 fully saturated rings. The van der Waals surface area contributed by atoms with Crippen LogP contribution in [0.4, 0.5) is 27.7 Å². The van der Waals surface area contributed by atoms with Gasteiger partial charge in [0.05, 0.1) is 34.9 Å². The number of fused-ring (bicyclic) bond motifs is 2. The van der Waals surface area contributed by atoms with E-state index in [1.807, 2.05) is 23.2 Å². The summed E-state index contributed by atoms with van der Waals surface area (Å²) in [5.74, 6) is 0.0297. The SMILES string of the molecule is CO[C@H]1CCN(c2nccc(Nc3cc4c(cn3)c(C(=O)NC3CCN(CCC5CCN(c6ccc7c(c6)C(=O)N(C6CCC(=O)NC6=O)C7=O)CC5)CC3)cn4C(C)C)n2)C[C@H]1F. The predicted molar refractivity (Wildman–Crippen MR) is 238 cm³/mol. The third kappa shape index (κ3) is 8.76. The number of amides is 5. The van der Waals surface area contributed by atoms with Crippen molar-refractivity contribution in [2.24, 2.45) is 5.92 Å². The van der Waals surface area contributed by atoms with E-state index >= 15 is 0 Å². The van der Waals surface area contributed by atoms with E-state index in [4.69, 9.17) is 4.74 Å². The number of nitrogens with one attached hydrogen (secondary N) is 3. The van der Waals surface area contributed by atoms with Crippen LogP contribution in [-0.2, 0) is 14.3 Å². The van der Waals surface area contributed by atoms with Gasteiger partial charge in [-0.3, -0.25) is 34.2 Å². The normalized spacial score (nSPS) is 22.7. The fourth-order valence-corrected chi connectivity index (χ4v) is 9.92. The summed E-state index contributed by atoms with van der Waals surface area (Å²) in [5, 5.41) is 9.61. The maximum Gasteiger partial charge on any atom is 0.262 e. The molecule has 8 heterocycles. The molecule has 3 atom stereocenters. The van der Waals surface area contributed by atoms with Crippen molar-refractivity contribution in [2.45, 2.75) is 95.6 Å². The third-order valence-electron chi connectivity index (χ3n) is 13.7. The number of imide groups is 2. The topological polar surface area (TPSA) is 187 Å². The number of likely N-dealkylation sites (tertiary alicyclic amines) is 1. The van der Waals surface area contributed by atoms with Gasteiger partial charge in [-0.2, -0.15) is 4.98 Å². The van der Waals surface area contributed by atoms with Crippen LogP contribution in [0, 0.1) is 5.92 Å². The maximum atomic E-state index is 14.6. The average Bonchev–Trinajstić information content (AvgIpc) is 3.80. The van der Waals surface area contributed by atoms with Crippen LogP contribution in [0.15, 0.2) is 48.9 Å². The zero-order chi connectivity index (χ0) is 44.6. The van der Waals surface area contributed by atoms with Gasteiger partial charge in [0.15, 0.2) is 0 Å². The van der Waals surface area contributed by atoms with Gasteiger partial charge in [0.2, 0.25) is 17.8 Å². The number of carbonyl (C=O) groups is 5. The Bertz CT molecular complexity index is 2450. The highest BCUT2D eigenvalue weighted by atomic mass is 19.1. The lowest BCUT2D eigenvalue weighted by Gasteiger charge is -2.36. The highest BCUT2D eigenvalue weighted by Gasteiger charge is 2.45. The average molecular weight is 878 g/mol. The lowest BCUT2D eigenvalue weighted by atomic mass is 9.92. The molecule has 4 saturated heterocycles. The highest BCUT2D eigenvalue weighted by molar-refractivity contribution is 6.23. The van der Waals surface area contributed by atoms with E-state index in [-0.39, 0.29) is 37.4 Å². The van der Waals surface area contributed by atoms with Crippen molar-refractivity contribution >= 4 is 63.7 Å². The Morgan fingerprint density at radius 2 is 1.67 bits per heavy atom. The second-order valence-corrected chi connectivity index (χ2v) is 18.0. The zero-order valence-electron chi connectivity index (χ0n) is 36.6. The number of pyridine rings is 1. The molecule has 5 amide bonds. The Hall–Kier alpha value is -6.01. The van der Waals surface area contributed by atoms with Gasteiger partial charge in [-0.1, -0.05) is 0 Å². The van der Waals surface area contributed by atoms with Gasteiger partial charge < -0.3 is 34.6 Å². The van der Waals surface area contributed by atoms with Crippen LogP contribution in [0.3, 0.4) is 0 Å². The summed E-state index contributed by atoms with van der Waals surface area (Å²) in [6, 6.07) is 8.20. The van der Waals surface area contributed by atoms with Gasteiger partial charge in [0.1, 0.15) is 23.8 Å². The summed E-state index contributed by atoms with van der Waals surface area (Å²) in [7, 11) is 1.53. The number of benzene rings is 1. The molecule has 9 rings (SSSR count). The molecular formula is C46H56FN11O6. The molecule has 18 heteroatoms. The molecule has 17 nitrogen and oxygen atoms in total. The minimum Gasteiger partial charge on any atom is -0.378 e. The number of ether oxygens (including phenoxy) is 1. The van der Waals surface area contributed by atoms with Crippen molar-refractivity contribution in [3.8, 4) is 0 Å². The van der Waals surface area contributed by atoms with Gasteiger partial charge in [-0.15, -0.1) is 0 Å². The van der Waals surface area contributed by atoms with Gasteiger partial charge in [-0.05, 0) is 95.5 Å². The lowest BCUT2D eigenvalue weighted by Crippen LogP contribution is -2.54. The molecule has 0 bridgehead atoms. The molecule has 64 heavy (non-hydrogen) atoms. The fraction of sp³-hybridized carbons (Fsp3) is 0.522. The zero-order valence-corrected chi connectivity index (χ0v) is 36.6. The summed E-state index contributed by atoms with van der Waals surface area (Å²) in [6.07, 6.45) is 9.40. The monoisotopic (exact) mass is 877 g/mol. The number of methoxy groups -OCH3 is 1. The second-order valence-electron chi connectivity index (χ2n) is 18.0. The highest BCUT2D eigenvalue weighted by Crippen LogP contribution is 2.34. The quantitative estimate of drug-likeness (QED) is 0.168. The number of hydrogen-bond acceptors (Lipinski definition) is 13. The van der Waals surface area contributed by atoms with Crippen LogP contribution < -0.4 is 25.8 Å². The molecule has 338 valence electrons. The van der Waals surface area contributed by atoms with Gasteiger partial charge in [-0.25, -0.2) is 14.4 Å². The van der Waals surface area contributed by atoms with Crippen LogP contribution in [-0.4, -0.2) is 136 Å². The first-order valence-electron chi connectivity index (χ1n) is 22.6. The molecule has 0 aliphatic carbocycles. The number of hydrogen-bond donors (Lipinski definition) is 3. The number of aromatic nitrogens is 4. The first-order chi connectivity index (χ1) is 30.9. The Balaban J connectivity index is 0.743. The van der Waals surface area contributed by atoms with E-state index < -0.39 is 41.9 Å². The molecule has 0 saturated carbocycles. The van der Waals surface area contributed by atoms with Crippen molar-refractivity contribution in [3.05, 3.63) is 65.6 Å². The molecule has 0 spiro atoms. The predicted octanol–water partition coefficient (Wildman–Crippen LogP) is 4.62. The van der Waals surface area contributed by atoms with Crippen LogP contribution in [0.25, 0.3) is 10.9 Å². The van der Waals surface area contributed by atoms with E-state index in [1.165, 1.54) is 7.11 Å². The van der Waals surface area contributed by atoms with E-state index in [9.17, 15) is 28.4 Å². The Labute approximate surface area is 371 Å². The molecule has 3 N–H and O–H groups in total. The van der Waals surface area contributed by atoms with Crippen molar-refractivity contribution in [3.63, 3.8) is 0 Å². The van der Waals surface area contributed by atoms with E-state index in [0.29, 0.717) is 53.2 Å². The number of piperidine rings is 4. The molecule has 5 aliphatic heterocycles. The number of carbonyl (C=O) groups excluding carboxylic acids is 5. The summed E-state index contributed by atoms with van der Waals surface area (Å²) < 4.78 is 22.0. The maximum absolute atomic E-state index is 14.6. The summed E-state index contributed by atoms with van der Waals surface area (Å²) in [6.45, 7) is 9.44. The van der Waals surface area contributed by atoms with Crippen LogP contribution >= 0.6 is 0 Å². The third-order valence-corrected chi connectivity index (χ3v) is 13.7. The molecular weight excluding hydrogens is 822 g/mol. The fourth-order valence-electron chi connectivity index (χ4n) is 9.92. The van der Waals surface area contributed by atoms with E-state index in [1.54, 1.807) is 30.6 Å². The summed E-state index contributed by atoms with van der Waals surface area (Å²) >= 11 is 0. The Morgan fingerprint density at radius 3 is 2.41 bits per heavy atom. The first kappa shape index (κ1) is 43.3. The molecule has 4 aromatic rings. The Morgan fingerprint density at radius 1 is 0.906 bits per heavy atom. The van der Waals surface area contributed by atoms with Crippen LogP contribution in [0.5, 0.6) is 0 Å². The minimum absolute atomic E-state index is 0.0730. The number of nitrogens with zero attached hydrogens (tertiary/aromatic N) is 8. The number of alkyl halides is 1. The molecule has 0 radical (unpaired) electrons. The van der Waals surface area contributed by atoms with Crippen molar-refractivity contribution < 1.29 is 33.1 Å². The Kier molecular flexibility index (Phi) is 12.3. The van der Waals surface area contributed by atoms with E-state index in [2.05, 4.69) is 59.1 Å². The summed E-state index contributed by atoms with van der Waals surface area (Å²) in [4.78, 5) is 85.7. The molecule has 1 unspecified atom stereocenters.